The summed E-state index contributed by atoms with van der Waals surface area (Å²) in [5.74, 6) is 0. The molecule has 0 aromatic carbocycles. The molecule has 0 saturated carbocycles. The van der Waals surface area contributed by atoms with E-state index in [1.807, 2.05) is 13.8 Å². The van der Waals surface area contributed by atoms with Crippen LogP contribution in [0.15, 0.2) is 20.1 Å². The zero-order valence-electron chi connectivity index (χ0n) is 6.92. The third kappa shape index (κ3) is 1.00. The summed E-state index contributed by atoms with van der Waals surface area (Å²) in [6, 6.07) is 0. The monoisotopic (exact) mass is 258 g/mol. The molecular formula is C8H6Cl4O. The molecule has 1 aliphatic carbocycles. The van der Waals surface area contributed by atoms with Gasteiger partial charge in [0.2, 0.25) is 0 Å². The number of epoxide rings is 1. The normalized spacial score (nSPS) is 43.8. The highest BCUT2D eigenvalue weighted by Gasteiger charge is 2.70. The summed E-state index contributed by atoms with van der Waals surface area (Å²) in [7, 11) is 0. The van der Waals surface area contributed by atoms with E-state index < -0.39 is 11.2 Å². The van der Waals surface area contributed by atoms with E-state index in [0.717, 1.165) is 0 Å². The number of rotatable bonds is 0. The van der Waals surface area contributed by atoms with Gasteiger partial charge in [-0.3, -0.25) is 0 Å². The highest BCUT2D eigenvalue weighted by atomic mass is 35.5. The van der Waals surface area contributed by atoms with Gasteiger partial charge < -0.3 is 4.74 Å². The lowest BCUT2D eigenvalue weighted by Crippen LogP contribution is -2.25. The Kier molecular flexibility index (Phi) is 2.02. The molecule has 2 rings (SSSR count). The van der Waals surface area contributed by atoms with Crippen molar-refractivity contribution in [2.45, 2.75) is 25.0 Å². The fraction of sp³-hybridized carbons (Fsp3) is 0.500. The van der Waals surface area contributed by atoms with Crippen molar-refractivity contribution < 1.29 is 4.74 Å². The Bertz CT molecular complexity index is 325. The Labute approximate surface area is 96.2 Å². The first-order valence-electron chi connectivity index (χ1n) is 3.66. The molecule has 0 bridgehead atoms. The van der Waals surface area contributed by atoms with Crippen LogP contribution in [-0.4, -0.2) is 11.2 Å². The predicted octanol–water partition coefficient (Wildman–Crippen LogP) is 3.93. The zero-order chi connectivity index (χ0) is 10.0. The highest BCUT2D eigenvalue weighted by molar-refractivity contribution is 6.52. The summed E-state index contributed by atoms with van der Waals surface area (Å²) in [6.45, 7) is 3.67. The SMILES string of the molecule is CC12OC1(C)C(Cl)=C(Cl)C(Cl)=C2Cl. The molecule has 0 aromatic rings. The number of ether oxygens (including phenoxy) is 1. The van der Waals surface area contributed by atoms with Gasteiger partial charge >= 0.3 is 0 Å². The smallest absolute Gasteiger partial charge is 0.137 e. The molecule has 0 aromatic heterocycles. The summed E-state index contributed by atoms with van der Waals surface area (Å²) in [5.41, 5.74) is -1.19. The number of fused-ring (bicyclic) bond motifs is 1. The number of hydrogen-bond acceptors (Lipinski definition) is 1. The standard InChI is InChI=1S/C8H6Cl4O/c1-7-5(11)3(9)4(10)6(12)8(7,2)13-7/h1-2H3. The maximum absolute atomic E-state index is 6.00. The van der Waals surface area contributed by atoms with E-state index in [4.69, 9.17) is 51.1 Å². The average molecular weight is 260 g/mol. The van der Waals surface area contributed by atoms with E-state index in [1.165, 1.54) is 0 Å². The van der Waals surface area contributed by atoms with Gasteiger partial charge in [-0.15, -0.1) is 0 Å². The molecule has 1 saturated heterocycles. The van der Waals surface area contributed by atoms with Crippen molar-refractivity contribution in [2.75, 3.05) is 0 Å². The minimum absolute atomic E-state index is 0.283. The summed E-state index contributed by atoms with van der Waals surface area (Å²) < 4.78 is 5.47. The van der Waals surface area contributed by atoms with Crippen LogP contribution >= 0.6 is 46.4 Å². The maximum Gasteiger partial charge on any atom is 0.137 e. The van der Waals surface area contributed by atoms with E-state index in [1.54, 1.807) is 0 Å². The molecule has 1 heterocycles. The molecule has 1 fully saturated rings. The molecule has 13 heavy (non-hydrogen) atoms. The predicted molar refractivity (Wildman–Crippen MR) is 55.4 cm³/mol. The van der Waals surface area contributed by atoms with Crippen molar-refractivity contribution in [1.82, 2.24) is 0 Å². The van der Waals surface area contributed by atoms with Crippen molar-refractivity contribution in [3.63, 3.8) is 0 Å². The molecule has 72 valence electrons. The molecule has 0 spiro atoms. The van der Waals surface area contributed by atoms with Crippen LogP contribution in [0.3, 0.4) is 0 Å². The lowest BCUT2D eigenvalue weighted by molar-refractivity contribution is 0.319. The summed E-state index contributed by atoms with van der Waals surface area (Å²) in [4.78, 5) is 0. The fourth-order valence-corrected chi connectivity index (χ4v) is 2.78. The second-order valence-electron chi connectivity index (χ2n) is 3.42. The largest absolute Gasteiger partial charge is 0.351 e. The molecule has 0 N–H and O–H groups in total. The van der Waals surface area contributed by atoms with Crippen molar-refractivity contribution in [3.05, 3.63) is 20.1 Å². The van der Waals surface area contributed by atoms with Crippen molar-refractivity contribution in [3.8, 4) is 0 Å². The van der Waals surface area contributed by atoms with Crippen LogP contribution in [0.5, 0.6) is 0 Å². The van der Waals surface area contributed by atoms with Crippen LogP contribution in [0.25, 0.3) is 0 Å². The van der Waals surface area contributed by atoms with Crippen LogP contribution in [-0.2, 0) is 4.74 Å². The molecular weight excluding hydrogens is 254 g/mol. The van der Waals surface area contributed by atoms with Crippen LogP contribution in [0.1, 0.15) is 13.8 Å². The highest BCUT2D eigenvalue weighted by Crippen LogP contribution is 2.64. The maximum atomic E-state index is 6.00. The Hall–Kier alpha value is 0.600. The van der Waals surface area contributed by atoms with Gasteiger partial charge in [-0.05, 0) is 13.8 Å². The van der Waals surface area contributed by atoms with E-state index in [-0.39, 0.29) is 10.1 Å². The lowest BCUT2D eigenvalue weighted by atomic mass is 9.91. The van der Waals surface area contributed by atoms with Gasteiger partial charge in [0.05, 0.1) is 20.1 Å². The van der Waals surface area contributed by atoms with Crippen molar-refractivity contribution >= 4 is 46.4 Å². The third-order valence-electron chi connectivity index (χ3n) is 2.69. The zero-order valence-corrected chi connectivity index (χ0v) is 9.94. The summed E-state index contributed by atoms with van der Waals surface area (Å²) in [6.07, 6.45) is 0. The first-order valence-corrected chi connectivity index (χ1v) is 5.18. The molecule has 1 aliphatic heterocycles. The summed E-state index contributed by atoms with van der Waals surface area (Å²) in [5, 5.41) is 1.41. The van der Waals surface area contributed by atoms with Crippen LogP contribution in [0, 0.1) is 0 Å². The molecule has 2 unspecified atom stereocenters. The second-order valence-corrected chi connectivity index (χ2v) is 4.94. The van der Waals surface area contributed by atoms with Gasteiger partial charge in [0.25, 0.3) is 0 Å². The Balaban J connectivity index is 2.63. The molecule has 0 amide bonds. The Morgan fingerprint density at radius 1 is 0.846 bits per heavy atom. The topological polar surface area (TPSA) is 12.5 Å². The van der Waals surface area contributed by atoms with E-state index >= 15 is 0 Å². The van der Waals surface area contributed by atoms with Gasteiger partial charge in [-0.25, -0.2) is 0 Å². The molecule has 5 heteroatoms. The molecule has 0 radical (unpaired) electrons. The Morgan fingerprint density at radius 2 is 1.15 bits per heavy atom. The van der Waals surface area contributed by atoms with Crippen molar-refractivity contribution in [2.24, 2.45) is 0 Å². The first-order chi connectivity index (χ1) is 5.84. The quantitative estimate of drug-likeness (QED) is 0.601. The van der Waals surface area contributed by atoms with E-state index in [0.29, 0.717) is 10.1 Å². The average Bonchev–Trinajstić information content (AvgIpc) is 2.66. The van der Waals surface area contributed by atoms with Gasteiger partial charge in [-0.2, -0.15) is 0 Å². The van der Waals surface area contributed by atoms with Gasteiger partial charge in [0.15, 0.2) is 0 Å². The Morgan fingerprint density at radius 3 is 1.46 bits per heavy atom. The minimum Gasteiger partial charge on any atom is -0.351 e. The van der Waals surface area contributed by atoms with E-state index in [9.17, 15) is 0 Å². The van der Waals surface area contributed by atoms with E-state index in [2.05, 4.69) is 0 Å². The van der Waals surface area contributed by atoms with Crippen LogP contribution in [0.4, 0.5) is 0 Å². The third-order valence-corrected chi connectivity index (χ3v) is 4.84. The van der Waals surface area contributed by atoms with Crippen LogP contribution < -0.4 is 0 Å². The van der Waals surface area contributed by atoms with Gasteiger partial charge in [0.1, 0.15) is 11.2 Å². The minimum atomic E-state index is -0.596. The number of halogens is 4. The van der Waals surface area contributed by atoms with Crippen LogP contribution in [0.2, 0.25) is 0 Å². The first kappa shape index (κ1) is 10.1. The van der Waals surface area contributed by atoms with Gasteiger partial charge in [-0.1, -0.05) is 46.4 Å². The second kappa shape index (κ2) is 2.59. The lowest BCUT2D eigenvalue weighted by Gasteiger charge is -2.19. The summed E-state index contributed by atoms with van der Waals surface area (Å²) >= 11 is 23.7. The van der Waals surface area contributed by atoms with Crippen molar-refractivity contribution in [1.29, 1.82) is 0 Å². The molecule has 2 aliphatic rings. The molecule has 2 atom stereocenters. The van der Waals surface area contributed by atoms with Gasteiger partial charge in [0, 0.05) is 0 Å². The number of allylic oxidation sites excluding steroid dienone is 2. The fourth-order valence-electron chi connectivity index (χ4n) is 1.50. The molecule has 1 nitrogen and oxygen atoms in total. The number of hydrogen-bond donors (Lipinski definition) is 0.